The van der Waals surface area contributed by atoms with Gasteiger partial charge in [-0.05, 0) is 67.8 Å². The van der Waals surface area contributed by atoms with Crippen LogP contribution in [-0.4, -0.2) is 48.4 Å². The number of amides is 1. The molecule has 3 aromatic rings. The monoisotopic (exact) mass is 454 g/mol. The van der Waals surface area contributed by atoms with Gasteiger partial charge in [0.1, 0.15) is 0 Å². The molecule has 0 saturated carbocycles. The highest BCUT2D eigenvalue weighted by atomic mass is 32.2. The molecule has 9 heteroatoms. The van der Waals surface area contributed by atoms with Gasteiger partial charge in [-0.15, -0.1) is 0 Å². The molecular formula is C23H26N4O4S. The molecule has 0 fully saturated rings. The lowest BCUT2D eigenvalue weighted by atomic mass is 10.0. The number of sulfonamides is 1. The Morgan fingerprint density at radius 1 is 1.12 bits per heavy atom. The van der Waals surface area contributed by atoms with Crippen LogP contribution in [0.3, 0.4) is 0 Å². The molecule has 0 bridgehead atoms. The third kappa shape index (κ3) is 4.05. The SMILES string of the molecule is CCN(CC)S(=O)(=O)c1ccc2c(c1)CCCN2C(=O)c1ccc(-c2nc(C)no2)cc1. The Bertz CT molecular complexity index is 1230. The molecule has 168 valence electrons. The van der Waals surface area contributed by atoms with E-state index >= 15 is 0 Å². The Hall–Kier alpha value is -3.04. The first-order chi connectivity index (χ1) is 15.3. The fourth-order valence-corrected chi connectivity index (χ4v) is 5.49. The molecule has 0 spiro atoms. The Morgan fingerprint density at radius 2 is 1.84 bits per heavy atom. The van der Waals surface area contributed by atoms with E-state index in [9.17, 15) is 13.2 Å². The zero-order chi connectivity index (χ0) is 22.9. The number of benzene rings is 2. The summed E-state index contributed by atoms with van der Waals surface area (Å²) >= 11 is 0. The van der Waals surface area contributed by atoms with Crippen LogP contribution in [0.4, 0.5) is 5.69 Å². The van der Waals surface area contributed by atoms with Gasteiger partial charge in [0.2, 0.25) is 10.0 Å². The average molecular weight is 455 g/mol. The standard InChI is InChI=1S/C23H26N4O4S/c1-4-26(5-2)32(29,30)20-12-13-21-19(15-20)7-6-14-27(21)23(28)18-10-8-17(9-11-18)22-24-16(3)25-31-22/h8-13,15H,4-7,14H2,1-3H3. The van der Waals surface area contributed by atoms with E-state index in [1.165, 1.54) is 4.31 Å². The molecule has 0 N–H and O–H groups in total. The van der Waals surface area contributed by atoms with Crippen LogP contribution in [0.15, 0.2) is 51.9 Å². The van der Waals surface area contributed by atoms with Crippen LogP contribution in [0, 0.1) is 6.92 Å². The van der Waals surface area contributed by atoms with Gasteiger partial charge in [0.15, 0.2) is 5.82 Å². The van der Waals surface area contributed by atoms with Crippen molar-refractivity contribution < 1.29 is 17.7 Å². The summed E-state index contributed by atoms with van der Waals surface area (Å²) in [4.78, 5) is 19.4. The van der Waals surface area contributed by atoms with Crippen molar-refractivity contribution in [3.63, 3.8) is 0 Å². The average Bonchev–Trinajstić information content (AvgIpc) is 3.25. The molecule has 1 aromatic heterocycles. The number of anilines is 1. The van der Waals surface area contributed by atoms with Crippen LogP contribution in [0.2, 0.25) is 0 Å². The Balaban J connectivity index is 1.61. The second-order valence-corrected chi connectivity index (χ2v) is 9.60. The second-order valence-electron chi connectivity index (χ2n) is 7.66. The maximum absolute atomic E-state index is 13.2. The third-order valence-electron chi connectivity index (χ3n) is 5.66. The third-order valence-corrected chi connectivity index (χ3v) is 7.71. The first kappa shape index (κ1) is 22.2. The molecule has 1 amide bonds. The number of hydrogen-bond acceptors (Lipinski definition) is 6. The normalized spacial score (nSPS) is 13.9. The molecule has 1 aliphatic heterocycles. The van der Waals surface area contributed by atoms with Gasteiger partial charge in [-0.1, -0.05) is 19.0 Å². The first-order valence-corrected chi connectivity index (χ1v) is 12.1. The predicted octanol–water partition coefficient (Wildman–Crippen LogP) is 3.67. The summed E-state index contributed by atoms with van der Waals surface area (Å²) in [7, 11) is -3.54. The molecular weight excluding hydrogens is 428 g/mol. The van der Waals surface area contributed by atoms with Crippen molar-refractivity contribution in [2.24, 2.45) is 0 Å². The van der Waals surface area contributed by atoms with Crippen LogP contribution in [0.5, 0.6) is 0 Å². The minimum atomic E-state index is -3.54. The van der Waals surface area contributed by atoms with Gasteiger partial charge in [0, 0.05) is 36.4 Å². The predicted molar refractivity (Wildman–Crippen MR) is 121 cm³/mol. The van der Waals surface area contributed by atoms with E-state index in [1.54, 1.807) is 54.3 Å². The fraction of sp³-hybridized carbons (Fsp3) is 0.348. The van der Waals surface area contributed by atoms with Gasteiger partial charge in [-0.25, -0.2) is 8.42 Å². The summed E-state index contributed by atoms with van der Waals surface area (Å²) in [5, 5.41) is 3.79. The molecule has 4 rings (SSSR count). The van der Waals surface area contributed by atoms with Crippen LogP contribution < -0.4 is 4.90 Å². The number of rotatable bonds is 6. The van der Waals surface area contributed by atoms with E-state index in [1.807, 2.05) is 13.8 Å². The Morgan fingerprint density at radius 3 is 2.47 bits per heavy atom. The number of aryl methyl sites for hydroxylation is 2. The van der Waals surface area contributed by atoms with Gasteiger partial charge in [-0.2, -0.15) is 9.29 Å². The number of nitrogens with zero attached hydrogens (tertiary/aromatic N) is 4. The van der Waals surface area contributed by atoms with E-state index in [-0.39, 0.29) is 10.8 Å². The van der Waals surface area contributed by atoms with Crippen molar-refractivity contribution in [2.75, 3.05) is 24.5 Å². The van der Waals surface area contributed by atoms with Gasteiger partial charge < -0.3 is 9.42 Å². The van der Waals surface area contributed by atoms with Crippen molar-refractivity contribution >= 4 is 21.6 Å². The van der Waals surface area contributed by atoms with Crippen LogP contribution >= 0.6 is 0 Å². The topological polar surface area (TPSA) is 96.6 Å². The van der Waals surface area contributed by atoms with E-state index in [2.05, 4.69) is 10.1 Å². The van der Waals surface area contributed by atoms with Gasteiger partial charge in [-0.3, -0.25) is 4.79 Å². The number of hydrogen-bond donors (Lipinski definition) is 0. The molecule has 0 saturated heterocycles. The fourth-order valence-electron chi connectivity index (χ4n) is 3.98. The number of carbonyl (C=O) groups is 1. The largest absolute Gasteiger partial charge is 0.334 e. The van der Waals surface area contributed by atoms with Crippen LogP contribution in [0.1, 0.15) is 42.0 Å². The molecule has 2 heterocycles. The van der Waals surface area contributed by atoms with Crippen molar-refractivity contribution in [2.45, 2.75) is 38.5 Å². The van der Waals surface area contributed by atoms with Crippen molar-refractivity contribution in [1.82, 2.24) is 14.4 Å². The van der Waals surface area contributed by atoms with Crippen LogP contribution in [-0.2, 0) is 16.4 Å². The molecule has 0 atom stereocenters. The van der Waals surface area contributed by atoms with Crippen molar-refractivity contribution in [3.05, 3.63) is 59.4 Å². The summed E-state index contributed by atoms with van der Waals surface area (Å²) in [5.41, 5.74) is 2.91. The number of carbonyl (C=O) groups excluding carboxylic acids is 1. The van der Waals surface area contributed by atoms with Gasteiger partial charge >= 0.3 is 0 Å². The summed E-state index contributed by atoms with van der Waals surface area (Å²) in [6, 6.07) is 12.1. The Kier molecular flexibility index (Phi) is 6.12. The first-order valence-electron chi connectivity index (χ1n) is 10.7. The molecule has 2 aromatic carbocycles. The highest BCUT2D eigenvalue weighted by molar-refractivity contribution is 7.89. The maximum Gasteiger partial charge on any atom is 0.258 e. The molecule has 0 aliphatic carbocycles. The van der Waals surface area contributed by atoms with E-state index in [0.29, 0.717) is 36.9 Å². The summed E-state index contributed by atoms with van der Waals surface area (Å²) in [6.07, 6.45) is 1.50. The lowest BCUT2D eigenvalue weighted by Crippen LogP contribution is -2.36. The molecule has 1 aliphatic rings. The van der Waals surface area contributed by atoms with E-state index < -0.39 is 10.0 Å². The zero-order valence-corrected chi connectivity index (χ0v) is 19.2. The Labute approximate surface area is 187 Å². The van der Waals surface area contributed by atoms with Crippen molar-refractivity contribution in [1.29, 1.82) is 0 Å². The summed E-state index contributed by atoms with van der Waals surface area (Å²) in [6.45, 7) is 6.81. The molecule has 8 nitrogen and oxygen atoms in total. The van der Waals surface area contributed by atoms with Crippen molar-refractivity contribution in [3.8, 4) is 11.5 Å². The summed E-state index contributed by atoms with van der Waals surface area (Å²) in [5.74, 6) is 0.831. The number of aromatic nitrogens is 2. The van der Waals surface area contributed by atoms with Crippen LogP contribution in [0.25, 0.3) is 11.5 Å². The number of fused-ring (bicyclic) bond motifs is 1. The van der Waals surface area contributed by atoms with E-state index in [0.717, 1.165) is 29.7 Å². The van der Waals surface area contributed by atoms with E-state index in [4.69, 9.17) is 4.52 Å². The molecule has 32 heavy (non-hydrogen) atoms. The summed E-state index contributed by atoms with van der Waals surface area (Å²) < 4.78 is 32.4. The molecule has 0 unspecified atom stereocenters. The van der Waals surface area contributed by atoms with Gasteiger partial charge in [0.05, 0.1) is 4.90 Å². The minimum absolute atomic E-state index is 0.126. The quantitative estimate of drug-likeness (QED) is 0.564. The lowest BCUT2D eigenvalue weighted by molar-refractivity contribution is 0.0985. The second kappa shape index (κ2) is 8.84. The zero-order valence-electron chi connectivity index (χ0n) is 18.4. The van der Waals surface area contributed by atoms with Gasteiger partial charge in [0.25, 0.3) is 11.8 Å². The lowest BCUT2D eigenvalue weighted by Gasteiger charge is -2.30. The highest BCUT2D eigenvalue weighted by Gasteiger charge is 2.27. The molecule has 0 radical (unpaired) electrons. The maximum atomic E-state index is 13.2. The highest BCUT2D eigenvalue weighted by Crippen LogP contribution is 2.32. The minimum Gasteiger partial charge on any atom is -0.334 e. The smallest absolute Gasteiger partial charge is 0.258 e.